The van der Waals surface area contributed by atoms with Gasteiger partial charge in [0, 0.05) is 0 Å². The van der Waals surface area contributed by atoms with Gasteiger partial charge in [0.1, 0.15) is 0 Å². The van der Waals surface area contributed by atoms with Crippen molar-refractivity contribution in [1.82, 2.24) is 15.0 Å². The molecule has 0 aliphatic rings. The predicted molar refractivity (Wildman–Crippen MR) is 52.9 cm³/mol. The second kappa shape index (κ2) is 6.47. The Morgan fingerprint density at radius 2 is 1.41 bits per heavy atom. The van der Waals surface area contributed by atoms with E-state index in [0.29, 0.717) is 10.0 Å². The third-order valence-corrected chi connectivity index (χ3v) is 1.85. The molecular formula is C4H9ClN6O6. The van der Waals surface area contributed by atoms with E-state index in [1.807, 2.05) is 0 Å². The number of alkyl halides is 1. The second-order valence-electron chi connectivity index (χ2n) is 2.79. The number of hydrazine groups is 3. The van der Waals surface area contributed by atoms with Crippen molar-refractivity contribution in [2.24, 2.45) is 0 Å². The van der Waals surface area contributed by atoms with Gasteiger partial charge < -0.3 is 0 Å². The minimum Gasteiger partial charge on any atom is -0.235 e. The molecule has 0 atom stereocenters. The lowest BCUT2D eigenvalue weighted by Gasteiger charge is -2.18. The first kappa shape index (κ1) is 14.9. The number of nitrogens with zero attached hydrogens (tertiary/aromatic N) is 6. The SMILES string of the molecule is CN(CN(CN(CCl)[N+](=O)[O-])[N+](=O)[O-])[N+](=O)[O-]. The first-order valence-electron chi connectivity index (χ1n) is 3.99. The van der Waals surface area contributed by atoms with Gasteiger partial charge in [0.05, 0.1) is 7.05 Å². The van der Waals surface area contributed by atoms with Crippen LogP contribution in [0.2, 0.25) is 0 Å². The molecule has 0 amide bonds. The van der Waals surface area contributed by atoms with Crippen LogP contribution in [-0.4, -0.2) is 56.5 Å². The Hall–Kier alpha value is -2.11. The molecule has 0 aliphatic heterocycles. The van der Waals surface area contributed by atoms with E-state index in [1.54, 1.807) is 0 Å². The predicted octanol–water partition coefficient (Wildman–Crippen LogP) is -0.791. The van der Waals surface area contributed by atoms with E-state index in [1.165, 1.54) is 0 Å². The first-order valence-corrected chi connectivity index (χ1v) is 4.53. The highest BCUT2D eigenvalue weighted by molar-refractivity contribution is 6.17. The Labute approximate surface area is 99.3 Å². The lowest BCUT2D eigenvalue weighted by molar-refractivity contribution is -0.733. The van der Waals surface area contributed by atoms with Crippen LogP contribution in [-0.2, 0) is 0 Å². The molecule has 0 aromatic rings. The summed E-state index contributed by atoms with van der Waals surface area (Å²) >= 11 is 5.20. The van der Waals surface area contributed by atoms with Crippen LogP contribution in [0.5, 0.6) is 0 Å². The summed E-state index contributed by atoms with van der Waals surface area (Å²) in [7, 11) is 0.994. The zero-order valence-corrected chi connectivity index (χ0v) is 9.39. The fourth-order valence-electron chi connectivity index (χ4n) is 0.757. The molecule has 0 aromatic carbocycles. The number of nitro groups is 3. The van der Waals surface area contributed by atoms with Crippen molar-refractivity contribution < 1.29 is 15.1 Å². The molecule has 12 nitrogen and oxygen atoms in total. The highest BCUT2D eigenvalue weighted by atomic mass is 35.5. The molecule has 17 heavy (non-hydrogen) atoms. The highest BCUT2D eigenvalue weighted by Gasteiger charge is 2.27. The van der Waals surface area contributed by atoms with Crippen molar-refractivity contribution in [3.63, 3.8) is 0 Å². The number of rotatable bonds is 8. The van der Waals surface area contributed by atoms with E-state index in [9.17, 15) is 30.3 Å². The molecule has 0 fully saturated rings. The standard InChI is InChI=1S/C4H9ClN6O6/c1-6(9(12)13)3-8(11(16)17)4-7(2-5)10(14)15/h2-4H2,1H3. The molecule has 0 radical (unpaired) electrons. The van der Waals surface area contributed by atoms with Gasteiger partial charge in [0.15, 0.2) is 21.1 Å². The molecule has 0 heterocycles. The van der Waals surface area contributed by atoms with E-state index in [-0.39, 0.29) is 5.01 Å². The maximum atomic E-state index is 10.5. The summed E-state index contributed by atoms with van der Waals surface area (Å²) in [5, 5.41) is 29.4. The molecule has 98 valence electrons. The fraction of sp³-hybridized carbons (Fsp3) is 1.00. The van der Waals surface area contributed by atoms with Gasteiger partial charge in [0.2, 0.25) is 13.3 Å². The lowest BCUT2D eigenvalue weighted by atomic mass is 10.8. The zero-order chi connectivity index (χ0) is 13.6. The van der Waals surface area contributed by atoms with Crippen LogP contribution in [0.4, 0.5) is 0 Å². The molecule has 0 saturated heterocycles. The maximum absolute atomic E-state index is 10.5. The van der Waals surface area contributed by atoms with Crippen molar-refractivity contribution in [2.75, 3.05) is 26.4 Å². The molecular weight excluding hydrogens is 264 g/mol. The van der Waals surface area contributed by atoms with Crippen molar-refractivity contribution >= 4 is 11.6 Å². The normalized spacial score (nSPS) is 9.53. The maximum Gasteiger partial charge on any atom is 0.211 e. The van der Waals surface area contributed by atoms with Gasteiger partial charge in [-0.3, -0.25) is 0 Å². The molecule has 0 aromatic heterocycles. The molecule has 0 unspecified atom stereocenters. The van der Waals surface area contributed by atoms with Crippen LogP contribution in [0, 0.1) is 30.3 Å². The molecule has 13 heteroatoms. The van der Waals surface area contributed by atoms with E-state index >= 15 is 0 Å². The third kappa shape index (κ3) is 4.96. The van der Waals surface area contributed by atoms with E-state index in [2.05, 4.69) is 0 Å². The van der Waals surface area contributed by atoms with Crippen LogP contribution < -0.4 is 0 Å². The summed E-state index contributed by atoms with van der Waals surface area (Å²) in [5.41, 5.74) is 0. The summed E-state index contributed by atoms with van der Waals surface area (Å²) in [6.07, 6.45) is 0. The van der Waals surface area contributed by atoms with Gasteiger partial charge in [-0.2, -0.15) is 0 Å². The number of halogens is 1. The van der Waals surface area contributed by atoms with Crippen LogP contribution in [0.1, 0.15) is 0 Å². The van der Waals surface area contributed by atoms with Crippen LogP contribution in [0.3, 0.4) is 0 Å². The number of hydrogen-bond donors (Lipinski definition) is 0. The second-order valence-corrected chi connectivity index (χ2v) is 3.03. The Morgan fingerprint density at radius 1 is 0.941 bits per heavy atom. The Morgan fingerprint density at radius 3 is 1.71 bits per heavy atom. The Bertz CT molecular complexity index is 313. The van der Waals surface area contributed by atoms with Gasteiger partial charge in [0.25, 0.3) is 0 Å². The molecule has 0 rings (SSSR count). The van der Waals surface area contributed by atoms with Crippen LogP contribution in [0.25, 0.3) is 0 Å². The van der Waals surface area contributed by atoms with E-state index < -0.39 is 34.4 Å². The molecule has 0 aliphatic carbocycles. The largest absolute Gasteiger partial charge is 0.235 e. The molecule has 0 spiro atoms. The average molecular weight is 273 g/mol. The van der Waals surface area contributed by atoms with Crippen molar-refractivity contribution in [3.8, 4) is 0 Å². The van der Waals surface area contributed by atoms with Gasteiger partial charge >= 0.3 is 0 Å². The minimum atomic E-state index is -0.983. The number of hydrogen-bond acceptors (Lipinski definition) is 6. The van der Waals surface area contributed by atoms with Crippen molar-refractivity contribution in [1.29, 1.82) is 0 Å². The highest BCUT2D eigenvalue weighted by Crippen LogP contribution is 1.99. The van der Waals surface area contributed by atoms with Gasteiger partial charge in [-0.1, -0.05) is 21.6 Å². The lowest BCUT2D eigenvalue weighted by Crippen LogP contribution is -2.48. The summed E-state index contributed by atoms with van der Waals surface area (Å²) in [4.78, 5) is 31.1. The summed E-state index contributed by atoms with van der Waals surface area (Å²) < 4.78 is 0. The van der Waals surface area contributed by atoms with Crippen LogP contribution >= 0.6 is 11.6 Å². The molecule has 0 bridgehead atoms. The average Bonchev–Trinajstić information content (AvgIpc) is 2.22. The quantitative estimate of drug-likeness (QED) is 0.183. The van der Waals surface area contributed by atoms with Gasteiger partial charge in [-0.25, -0.2) is 30.3 Å². The fourth-order valence-corrected chi connectivity index (χ4v) is 0.920. The van der Waals surface area contributed by atoms with Gasteiger partial charge in [-0.15, -0.1) is 5.01 Å². The van der Waals surface area contributed by atoms with Gasteiger partial charge in [-0.05, 0) is 0 Å². The smallest absolute Gasteiger partial charge is 0.211 e. The Kier molecular flexibility index (Phi) is 5.66. The molecule has 0 N–H and O–H groups in total. The molecule has 0 saturated carbocycles. The summed E-state index contributed by atoms with van der Waals surface area (Å²) in [6, 6.07) is -0.584. The van der Waals surface area contributed by atoms with Crippen molar-refractivity contribution in [2.45, 2.75) is 0 Å². The summed E-state index contributed by atoms with van der Waals surface area (Å²) in [5.74, 6) is 0. The summed E-state index contributed by atoms with van der Waals surface area (Å²) in [6.45, 7) is -1.50. The first-order chi connectivity index (χ1) is 7.79. The Balaban J connectivity index is 4.59. The van der Waals surface area contributed by atoms with E-state index in [4.69, 9.17) is 11.6 Å². The van der Waals surface area contributed by atoms with E-state index in [0.717, 1.165) is 7.05 Å². The monoisotopic (exact) mass is 272 g/mol. The van der Waals surface area contributed by atoms with Crippen LogP contribution in [0.15, 0.2) is 0 Å². The van der Waals surface area contributed by atoms with Crippen molar-refractivity contribution in [3.05, 3.63) is 30.3 Å². The minimum absolute atomic E-state index is 0.286. The zero-order valence-electron chi connectivity index (χ0n) is 8.63. The topological polar surface area (TPSA) is 139 Å². The third-order valence-electron chi connectivity index (χ3n) is 1.57.